The van der Waals surface area contributed by atoms with Gasteiger partial charge in [-0.3, -0.25) is 0 Å². The molecule has 2 atom stereocenters. The molecule has 1 aromatic carbocycles. The number of benzene rings is 1. The van der Waals surface area contributed by atoms with Crippen LogP contribution in [-0.2, 0) is 17.6 Å². The molecule has 0 bridgehead atoms. The van der Waals surface area contributed by atoms with Crippen LogP contribution in [0.5, 0.6) is 5.75 Å². The van der Waals surface area contributed by atoms with Gasteiger partial charge < -0.3 is 14.4 Å². The Bertz CT molecular complexity index is 764. The van der Waals surface area contributed by atoms with Crippen molar-refractivity contribution >= 4 is 5.69 Å². The van der Waals surface area contributed by atoms with Crippen LogP contribution in [0.25, 0.3) is 0 Å². The minimum atomic E-state index is 0.00822. The fraction of sp³-hybridized carbons (Fsp3) is 0.565. The number of hydrogen-bond acceptors (Lipinski definition) is 3. The second kappa shape index (κ2) is 6.68. The number of nitrogens with zero attached hydrogens (tertiary/aromatic N) is 1. The van der Waals surface area contributed by atoms with Crippen LogP contribution in [0.1, 0.15) is 58.1 Å². The lowest BCUT2D eigenvalue weighted by Crippen LogP contribution is -2.27. The summed E-state index contributed by atoms with van der Waals surface area (Å²) >= 11 is 0. The Morgan fingerprint density at radius 1 is 1.04 bits per heavy atom. The Kier molecular flexibility index (Phi) is 4.50. The molecule has 0 N–H and O–H groups in total. The predicted molar refractivity (Wildman–Crippen MR) is 107 cm³/mol. The molecular formula is C23H31NO2. The van der Waals surface area contributed by atoms with E-state index in [0.717, 1.165) is 51.1 Å². The first-order valence-electron chi connectivity index (χ1n) is 10.3. The van der Waals surface area contributed by atoms with E-state index in [1.54, 1.807) is 0 Å². The number of fused-ring (bicyclic) bond motifs is 3. The van der Waals surface area contributed by atoms with Gasteiger partial charge in [0.05, 0.1) is 19.3 Å². The van der Waals surface area contributed by atoms with Crippen LogP contribution < -0.4 is 9.64 Å². The van der Waals surface area contributed by atoms with Crippen LogP contribution >= 0.6 is 0 Å². The Balaban J connectivity index is 1.75. The van der Waals surface area contributed by atoms with E-state index in [0.29, 0.717) is 6.04 Å². The first kappa shape index (κ1) is 17.5. The molecule has 1 spiro atoms. The average molecular weight is 354 g/mol. The Labute approximate surface area is 157 Å². The molecule has 2 aliphatic heterocycles. The molecule has 4 rings (SSSR count). The van der Waals surface area contributed by atoms with Gasteiger partial charge in [0, 0.05) is 17.7 Å². The van der Waals surface area contributed by atoms with Crippen LogP contribution in [0.4, 0.5) is 5.69 Å². The Morgan fingerprint density at radius 2 is 1.81 bits per heavy atom. The molecule has 2 unspecified atom stereocenters. The topological polar surface area (TPSA) is 21.5 Å². The van der Waals surface area contributed by atoms with E-state index in [2.05, 4.69) is 56.9 Å². The lowest BCUT2D eigenvalue weighted by molar-refractivity contribution is 0.184. The molecule has 0 aromatic heterocycles. The third-order valence-electron chi connectivity index (χ3n) is 5.98. The van der Waals surface area contributed by atoms with Crippen molar-refractivity contribution in [1.82, 2.24) is 0 Å². The average Bonchev–Trinajstić information content (AvgIpc) is 3.20. The third-order valence-corrected chi connectivity index (χ3v) is 5.98. The van der Waals surface area contributed by atoms with E-state index in [1.807, 2.05) is 0 Å². The number of rotatable bonds is 8. The van der Waals surface area contributed by atoms with E-state index in [4.69, 9.17) is 9.47 Å². The fourth-order valence-corrected chi connectivity index (χ4v) is 4.73. The molecule has 140 valence electrons. The summed E-state index contributed by atoms with van der Waals surface area (Å²) in [6.45, 7) is 10.4. The van der Waals surface area contributed by atoms with Crippen LogP contribution in [0, 0.1) is 0 Å². The highest BCUT2D eigenvalue weighted by molar-refractivity contribution is 5.81. The van der Waals surface area contributed by atoms with Gasteiger partial charge in [-0.2, -0.15) is 0 Å². The summed E-state index contributed by atoms with van der Waals surface area (Å²) < 4.78 is 12.6. The number of allylic oxidation sites excluding steroid dienone is 2. The van der Waals surface area contributed by atoms with Gasteiger partial charge >= 0.3 is 0 Å². The molecule has 0 radical (unpaired) electrons. The van der Waals surface area contributed by atoms with Crippen molar-refractivity contribution in [3.63, 3.8) is 0 Å². The molecule has 3 nitrogen and oxygen atoms in total. The lowest BCUT2D eigenvalue weighted by Gasteiger charge is -2.23. The van der Waals surface area contributed by atoms with Crippen molar-refractivity contribution in [1.29, 1.82) is 0 Å². The number of aryl methyl sites for hydroxylation is 1. The van der Waals surface area contributed by atoms with Crippen LogP contribution in [0.2, 0.25) is 0 Å². The van der Waals surface area contributed by atoms with E-state index >= 15 is 0 Å². The first-order chi connectivity index (χ1) is 12.7. The van der Waals surface area contributed by atoms with Crippen LogP contribution in [0.15, 0.2) is 35.6 Å². The SMILES string of the molecule is CCCOC1=C(CC)C=CC2N3c4ccc(CC)c(OCCC)c4CC123. The lowest BCUT2D eigenvalue weighted by atomic mass is 9.86. The zero-order valence-corrected chi connectivity index (χ0v) is 16.6. The van der Waals surface area contributed by atoms with Gasteiger partial charge in [0.2, 0.25) is 0 Å². The highest BCUT2D eigenvalue weighted by atomic mass is 16.5. The number of anilines is 1. The molecule has 3 heteroatoms. The highest BCUT2D eigenvalue weighted by Gasteiger charge is 2.70. The smallest absolute Gasteiger partial charge is 0.127 e. The third kappa shape index (κ3) is 2.32. The van der Waals surface area contributed by atoms with E-state index in [-0.39, 0.29) is 5.54 Å². The molecule has 1 aromatic rings. The summed E-state index contributed by atoms with van der Waals surface area (Å²) in [4.78, 5) is 2.56. The van der Waals surface area contributed by atoms with E-state index in [1.165, 1.54) is 28.1 Å². The number of ether oxygens (including phenoxy) is 2. The summed E-state index contributed by atoms with van der Waals surface area (Å²) in [5, 5.41) is 0. The van der Waals surface area contributed by atoms with E-state index < -0.39 is 0 Å². The fourth-order valence-electron chi connectivity index (χ4n) is 4.73. The van der Waals surface area contributed by atoms with Crippen molar-refractivity contribution in [3.8, 4) is 5.75 Å². The molecule has 2 heterocycles. The maximum Gasteiger partial charge on any atom is 0.127 e. The Morgan fingerprint density at radius 3 is 2.50 bits per heavy atom. The van der Waals surface area contributed by atoms with Crippen molar-refractivity contribution < 1.29 is 9.47 Å². The minimum absolute atomic E-state index is 0.00822. The van der Waals surface area contributed by atoms with Gasteiger partial charge in [0.25, 0.3) is 0 Å². The molecule has 0 saturated carbocycles. The van der Waals surface area contributed by atoms with Crippen molar-refractivity contribution in [2.24, 2.45) is 0 Å². The molecule has 0 amide bonds. The largest absolute Gasteiger partial charge is 0.495 e. The number of hydrogen-bond donors (Lipinski definition) is 0. The van der Waals surface area contributed by atoms with Gasteiger partial charge in [-0.1, -0.05) is 45.9 Å². The normalized spacial score (nSPS) is 25.1. The van der Waals surface area contributed by atoms with Crippen molar-refractivity contribution in [2.45, 2.75) is 71.4 Å². The monoisotopic (exact) mass is 353 g/mol. The zero-order chi connectivity index (χ0) is 18.3. The zero-order valence-electron chi connectivity index (χ0n) is 16.6. The quantitative estimate of drug-likeness (QED) is 0.601. The molecule has 1 saturated heterocycles. The van der Waals surface area contributed by atoms with Gasteiger partial charge in [-0.05, 0) is 42.9 Å². The molecule has 26 heavy (non-hydrogen) atoms. The van der Waals surface area contributed by atoms with Gasteiger partial charge in [-0.25, -0.2) is 0 Å². The standard InChI is InChI=1S/C23H31NO2/c1-5-13-25-21-16(7-3)9-11-19-18(21)15-23-20(24(19)23)12-10-17(8-4)22(23)26-14-6-2/h9-12,20H,5-8,13-15H2,1-4H3. The summed E-state index contributed by atoms with van der Waals surface area (Å²) in [6.07, 6.45) is 9.79. The van der Waals surface area contributed by atoms with E-state index in [9.17, 15) is 0 Å². The summed E-state index contributed by atoms with van der Waals surface area (Å²) in [6, 6.07) is 5.01. The second-order valence-corrected chi connectivity index (χ2v) is 7.58. The summed E-state index contributed by atoms with van der Waals surface area (Å²) in [5.74, 6) is 2.35. The molecule has 1 fully saturated rings. The maximum absolute atomic E-state index is 6.35. The van der Waals surface area contributed by atoms with Gasteiger partial charge in [0.15, 0.2) is 0 Å². The Hall–Kier alpha value is -1.90. The summed E-state index contributed by atoms with van der Waals surface area (Å²) in [5.41, 5.74) is 5.43. The van der Waals surface area contributed by atoms with Crippen LogP contribution in [-0.4, -0.2) is 24.8 Å². The van der Waals surface area contributed by atoms with Crippen molar-refractivity contribution in [3.05, 3.63) is 46.7 Å². The molecule has 1 aliphatic carbocycles. The van der Waals surface area contributed by atoms with Crippen LogP contribution in [0.3, 0.4) is 0 Å². The first-order valence-corrected chi connectivity index (χ1v) is 10.3. The summed E-state index contributed by atoms with van der Waals surface area (Å²) in [7, 11) is 0. The molecule has 3 aliphatic rings. The predicted octanol–water partition coefficient (Wildman–Crippen LogP) is 5.18. The maximum atomic E-state index is 6.35. The van der Waals surface area contributed by atoms with Gasteiger partial charge in [0.1, 0.15) is 17.0 Å². The minimum Gasteiger partial charge on any atom is -0.495 e. The highest BCUT2D eigenvalue weighted by Crippen LogP contribution is 2.63. The second-order valence-electron chi connectivity index (χ2n) is 7.58. The van der Waals surface area contributed by atoms with Crippen molar-refractivity contribution in [2.75, 3.05) is 18.1 Å². The van der Waals surface area contributed by atoms with Gasteiger partial charge in [-0.15, -0.1) is 0 Å². The molecular weight excluding hydrogens is 322 g/mol.